The van der Waals surface area contributed by atoms with Gasteiger partial charge in [-0.2, -0.15) is 0 Å². The molecule has 0 aromatic heterocycles. The van der Waals surface area contributed by atoms with Crippen molar-refractivity contribution >= 4 is 11.9 Å². The number of nitrogens with one attached hydrogen (secondary N) is 1. The molecule has 7 heteroatoms. The number of benzene rings is 1. The van der Waals surface area contributed by atoms with Crippen LogP contribution in [0.5, 0.6) is 0 Å². The number of hydrogen-bond donors (Lipinski definition) is 3. The number of carbonyl (C=O) groups excluding carboxylic acids is 2. The zero-order chi connectivity index (χ0) is 13.9. The summed E-state index contributed by atoms with van der Waals surface area (Å²) in [6.07, 6.45) is 0. The standard InChI is InChI=1S/C12H15N3O4/c13-5-6-15-7-12(14)18-10(16)8-3-1-2-4-9(8)11(17)19-12/h1-4,15H,5-7,13-14H2. The molecule has 1 aliphatic heterocycles. The maximum Gasteiger partial charge on any atom is 0.343 e. The van der Waals surface area contributed by atoms with Crippen molar-refractivity contribution in [2.45, 2.75) is 5.91 Å². The Kier molecular flexibility index (Phi) is 3.79. The van der Waals surface area contributed by atoms with Crippen LogP contribution in [0, 0.1) is 0 Å². The average molecular weight is 265 g/mol. The smallest absolute Gasteiger partial charge is 0.343 e. The van der Waals surface area contributed by atoms with Crippen molar-refractivity contribution < 1.29 is 19.1 Å². The molecule has 0 amide bonds. The average Bonchev–Trinajstić information content (AvgIpc) is 2.47. The Morgan fingerprint density at radius 2 is 1.63 bits per heavy atom. The predicted molar refractivity (Wildman–Crippen MR) is 66.1 cm³/mol. The Bertz CT molecular complexity index is 467. The summed E-state index contributed by atoms with van der Waals surface area (Å²) in [5.41, 5.74) is 11.4. The van der Waals surface area contributed by atoms with E-state index in [1.54, 1.807) is 12.1 Å². The monoisotopic (exact) mass is 265 g/mol. The summed E-state index contributed by atoms with van der Waals surface area (Å²) in [5, 5.41) is 2.84. The summed E-state index contributed by atoms with van der Waals surface area (Å²) >= 11 is 0. The van der Waals surface area contributed by atoms with Crippen LogP contribution in [-0.2, 0) is 9.47 Å². The molecule has 7 nitrogen and oxygen atoms in total. The van der Waals surface area contributed by atoms with Gasteiger partial charge in [0.1, 0.15) is 0 Å². The van der Waals surface area contributed by atoms with Gasteiger partial charge in [0.2, 0.25) is 0 Å². The lowest BCUT2D eigenvalue weighted by Gasteiger charge is -2.26. The summed E-state index contributed by atoms with van der Waals surface area (Å²) < 4.78 is 10.1. The van der Waals surface area contributed by atoms with Gasteiger partial charge in [0.05, 0.1) is 17.7 Å². The highest BCUT2D eigenvalue weighted by Crippen LogP contribution is 2.21. The van der Waals surface area contributed by atoms with Crippen molar-refractivity contribution in [1.29, 1.82) is 0 Å². The largest absolute Gasteiger partial charge is 0.404 e. The number of rotatable bonds is 4. The molecule has 102 valence electrons. The molecule has 5 N–H and O–H groups in total. The van der Waals surface area contributed by atoms with Crippen LogP contribution in [0.25, 0.3) is 0 Å². The van der Waals surface area contributed by atoms with E-state index in [4.69, 9.17) is 20.9 Å². The third kappa shape index (κ3) is 2.90. The van der Waals surface area contributed by atoms with Crippen LogP contribution in [0.1, 0.15) is 20.7 Å². The number of fused-ring (bicyclic) bond motifs is 1. The van der Waals surface area contributed by atoms with Crippen LogP contribution < -0.4 is 16.8 Å². The van der Waals surface area contributed by atoms with Crippen LogP contribution in [-0.4, -0.2) is 37.5 Å². The molecule has 0 unspecified atom stereocenters. The number of nitrogens with two attached hydrogens (primary N) is 2. The fraction of sp³-hybridized carbons (Fsp3) is 0.333. The summed E-state index contributed by atoms with van der Waals surface area (Å²) in [7, 11) is 0. The number of ether oxygens (including phenoxy) is 2. The lowest BCUT2D eigenvalue weighted by molar-refractivity contribution is -0.159. The van der Waals surface area contributed by atoms with Crippen molar-refractivity contribution in [3.8, 4) is 0 Å². The normalized spacial score (nSPS) is 17.2. The minimum absolute atomic E-state index is 0.0321. The van der Waals surface area contributed by atoms with Crippen molar-refractivity contribution in [1.82, 2.24) is 5.32 Å². The van der Waals surface area contributed by atoms with Gasteiger partial charge in [-0.25, -0.2) is 9.59 Å². The molecule has 1 aromatic rings. The molecule has 2 rings (SSSR count). The van der Waals surface area contributed by atoms with Crippen molar-refractivity contribution in [3.63, 3.8) is 0 Å². The molecule has 0 atom stereocenters. The van der Waals surface area contributed by atoms with Crippen molar-refractivity contribution in [2.75, 3.05) is 19.6 Å². The lowest BCUT2D eigenvalue weighted by atomic mass is 10.1. The molecular weight excluding hydrogens is 250 g/mol. The van der Waals surface area contributed by atoms with Gasteiger partial charge in [-0.1, -0.05) is 12.1 Å². The molecule has 1 heterocycles. The number of esters is 2. The van der Waals surface area contributed by atoms with Gasteiger partial charge in [0, 0.05) is 13.1 Å². The highest BCUT2D eigenvalue weighted by molar-refractivity contribution is 6.04. The Labute approximate surface area is 109 Å². The van der Waals surface area contributed by atoms with E-state index in [1.807, 2.05) is 0 Å². The minimum Gasteiger partial charge on any atom is -0.404 e. The van der Waals surface area contributed by atoms with Crippen LogP contribution in [0.3, 0.4) is 0 Å². The van der Waals surface area contributed by atoms with E-state index >= 15 is 0 Å². The first-order valence-electron chi connectivity index (χ1n) is 5.81. The molecule has 1 aromatic carbocycles. The first-order valence-corrected chi connectivity index (χ1v) is 5.81. The Balaban J connectivity index is 2.23. The van der Waals surface area contributed by atoms with Gasteiger partial charge >= 0.3 is 17.8 Å². The molecule has 19 heavy (non-hydrogen) atoms. The topological polar surface area (TPSA) is 117 Å². The second-order valence-electron chi connectivity index (χ2n) is 4.10. The second-order valence-corrected chi connectivity index (χ2v) is 4.10. The van der Waals surface area contributed by atoms with Crippen LogP contribution in [0.15, 0.2) is 24.3 Å². The van der Waals surface area contributed by atoms with E-state index in [-0.39, 0.29) is 17.7 Å². The Hall–Kier alpha value is -1.96. The zero-order valence-electron chi connectivity index (χ0n) is 10.2. The SMILES string of the molecule is NCCNCC1(N)OC(=O)c2ccccc2C(=O)O1. The molecular formula is C12H15N3O4. The molecule has 0 fully saturated rings. The summed E-state index contributed by atoms with van der Waals surface area (Å²) in [4.78, 5) is 23.8. The van der Waals surface area contributed by atoms with Crippen molar-refractivity contribution in [3.05, 3.63) is 35.4 Å². The van der Waals surface area contributed by atoms with Crippen LogP contribution >= 0.6 is 0 Å². The molecule has 0 spiro atoms. The van der Waals surface area contributed by atoms with E-state index in [1.165, 1.54) is 12.1 Å². The third-order valence-corrected chi connectivity index (χ3v) is 2.59. The molecule has 0 bridgehead atoms. The highest BCUT2D eigenvalue weighted by Gasteiger charge is 2.39. The van der Waals surface area contributed by atoms with Gasteiger partial charge in [-0.15, -0.1) is 0 Å². The van der Waals surface area contributed by atoms with E-state index < -0.39 is 17.8 Å². The maximum absolute atomic E-state index is 11.9. The Morgan fingerprint density at radius 1 is 1.11 bits per heavy atom. The molecule has 1 aliphatic rings. The molecule has 0 saturated heterocycles. The summed E-state index contributed by atoms with van der Waals surface area (Å²) in [5.74, 6) is -3.22. The van der Waals surface area contributed by atoms with Crippen LogP contribution in [0.4, 0.5) is 0 Å². The summed E-state index contributed by atoms with van der Waals surface area (Å²) in [6.45, 7) is 0.814. The molecule has 0 saturated carbocycles. The fourth-order valence-electron chi connectivity index (χ4n) is 1.72. The molecule has 0 radical (unpaired) electrons. The van der Waals surface area contributed by atoms with Crippen molar-refractivity contribution in [2.24, 2.45) is 11.5 Å². The lowest BCUT2D eigenvalue weighted by Crippen LogP contribution is -2.55. The van der Waals surface area contributed by atoms with Gasteiger partial charge in [-0.3, -0.25) is 5.73 Å². The van der Waals surface area contributed by atoms with Gasteiger partial charge in [-0.05, 0) is 12.1 Å². The van der Waals surface area contributed by atoms with E-state index in [0.29, 0.717) is 13.1 Å². The maximum atomic E-state index is 11.9. The Morgan fingerprint density at radius 3 is 2.11 bits per heavy atom. The quantitative estimate of drug-likeness (QED) is 0.480. The van der Waals surface area contributed by atoms with Crippen LogP contribution in [0.2, 0.25) is 0 Å². The zero-order valence-corrected chi connectivity index (χ0v) is 10.2. The number of carbonyl (C=O) groups is 2. The van der Waals surface area contributed by atoms with Gasteiger partial charge < -0.3 is 20.5 Å². The second kappa shape index (κ2) is 5.35. The predicted octanol–water partition coefficient (Wildman–Crippen LogP) is -0.825. The van der Waals surface area contributed by atoms with Gasteiger partial charge in [0.15, 0.2) is 0 Å². The minimum atomic E-state index is -1.83. The first kappa shape index (κ1) is 13.5. The van der Waals surface area contributed by atoms with E-state index in [2.05, 4.69) is 5.32 Å². The number of cyclic esters (lactones) is 2. The summed E-state index contributed by atoms with van der Waals surface area (Å²) in [6, 6.07) is 6.23. The molecule has 0 aliphatic carbocycles. The number of hydrogen-bond acceptors (Lipinski definition) is 7. The van der Waals surface area contributed by atoms with E-state index in [9.17, 15) is 9.59 Å². The fourth-order valence-corrected chi connectivity index (χ4v) is 1.72. The first-order chi connectivity index (χ1) is 9.06. The van der Waals surface area contributed by atoms with E-state index in [0.717, 1.165) is 0 Å². The van der Waals surface area contributed by atoms with Gasteiger partial charge in [0.25, 0.3) is 0 Å². The third-order valence-electron chi connectivity index (χ3n) is 2.59. The highest BCUT2D eigenvalue weighted by atomic mass is 16.7.